The van der Waals surface area contributed by atoms with E-state index < -0.39 is 27.6 Å². The fourth-order valence-electron chi connectivity index (χ4n) is 4.92. The number of benzene rings is 2. The third kappa shape index (κ3) is 6.11. The minimum absolute atomic E-state index is 0.0179. The highest BCUT2D eigenvalue weighted by molar-refractivity contribution is 7.91. The van der Waals surface area contributed by atoms with Crippen LogP contribution in [-0.4, -0.2) is 40.2 Å². The maximum atomic E-state index is 15.1. The molecule has 0 radical (unpaired) electrons. The van der Waals surface area contributed by atoms with Gasteiger partial charge in [-0.3, -0.25) is 14.1 Å². The predicted molar refractivity (Wildman–Crippen MR) is 151 cm³/mol. The average molecular weight is 569 g/mol. The van der Waals surface area contributed by atoms with Crippen LogP contribution in [0.3, 0.4) is 0 Å². The average Bonchev–Trinajstić information content (AvgIpc) is 2.89. The van der Waals surface area contributed by atoms with Crippen LogP contribution >= 0.6 is 0 Å². The highest BCUT2D eigenvalue weighted by Gasteiger charge is 2.23. The van der Waals surface area contributed by atoms with Gasteiger partial charge in [0.25, 0.3) is 5.56 Å². The molecule has 1 fully saturated rings. The van der Waals surface area contributed by atoms with Gasteiger partial charge in [0.15, 0.2) is 5.65 Å². The number of anilines is 2. The molecule has 210 valence electrons. The van der Waals surface area contributed by atoms with Crippen LogP contribution in [0.4, 0.5) is 20.4 Å². The van der Waals surface area contributed by atoms with E-state index in [1.54, 1.807) is 30.3 Å². The molecule has 2 N–H and O–H groups in total. The summed E-state index contributed by atoms with van der Waals surface area (Å²) in [4.78, 5) is 26.8. The first-order valence-corrected chi connectivity index (χ1v) is 14.8. The molecule has 9 nitrogen and oxygen atoms in total. The van der Waals surface area contributed by atoms with Crippen LogP contribution in [0.15, 0.2) is 59.5 Å². The standard InChI is InChI=1S/C28H30F2N6O3S/c1-17(2)36-26-24(15-31-28(34-26)32-21-10-6-9-20(29)14-21)33-25(27(36)37)19-11-12-23(22(30)13-19)35-40(38,39)16-18-7-4-3-5-8-18/h3-5,7-8,11-13,15,17,20-21,35H,6,9-10,14,16H2,1-2H3,(H,31,32,34)/t20-,21+/m0/s1. The minimum atomic E-state index is -3.88. The number of alkyl halides is 1. The molecule has 1 aliphatic carbocycles. The summed E-state index contributed by atoms with van der Waals surface area (Å²) in [7, 11) is -3.88. The number of aromatic nitrogens is 4. The van der Waals surface area contributed by atoms with Crippen molar-refractivity contribution >= 4 is 32.8 Å². The molecule has 1 aliphatic rings. The van der Waals surface area contributed by atoms with Crippen LogP contribution in [0.5, 0.6) is 0 Å². The van der Waals surface area contributed by atoms with Crippen molar-refractivity contribution in [1.82, 2.24) is 19.5 Å². The summed E-state index contributed by atoms with van der Waals surface area (Å²) in [5, 5.41) is 3.17. The smallest absolute Gasteiger partial charge is 0.278 e. The molecule has 0 amide bonds. The molecule has 2 atom stereocenters. The number of nitrogens with zero attached hydrogens (tertiary/aromatic N) is 4. The van der Waals surface area contributed by atoms with E-state index in [4.69, 9.17) is 0 Å². The second-order valence-corrected chi connectivity index (χ2v) is 12.0. The van der Waals surface area contributed by atoms with Crippen LogP contribution < -0.4 is 15.6 Å². The van der Waals surface area contributed by atoms with E-state index in [1.807, 2.05) is 13.8 Å². The summed E-state index contributed by atoms with van der Waals surface area (Å²) in [6.45, 7) is 3.64. The molecule has 0 bridgehead atoms. The molecule has 1 saturated carbocycles. The van der Waals surface area contributed by atoms with E-state index in [-0.39, 0.29) is 40.7 Å². The lowest BCUT2D eigenvalue weighted by atomic mass is 9.94. The summed E-state index contributed by atoms with van der Waals surface area (Å²) < 4.78 is 57.8. The highest BCUT2D eigenvalue weighted by atomic mass is 32.2. The Hall–Kier alpha value is -3.93. The molecule has 2 heterocycles. The molecule has 0 aliphatic heterocycles. The molecule has 0 unspecified atom stereocenters. The second-order valence-electron chi connectivity index (χ2n) is 10.3. The van der Waals surface area contributed by atoms with E-state index >= 15 is 4.39 Å². The van der Waals surface area contributed by atoms with E-state index in [0.717, 1.165) is 18.9 Å². The summed E-state index contributed by atoms with van der Waals surface area (Å²) in [5.74, 6) is -0.874. The zero-order valence-corrected chi connectivity index (χ0v) is 23.0. The van der Waals surface area contributed by atoms with E-state index in [9.17, 15) is 17.6 Å². The first-order valence-electron chi connectivity index (χ1n) is 13.1. The maximum absolute atomic E-state index is 15.1. The third-order valence-corrected chi connectivity index (χ3v) is 8.04. The van der Waals surface area contributed by atoms with Gasteiger partial charge in [0.2, 0.25) is 16.0 Å². The molecule has 40 heavy (non-hydrogen) atoms. The highest BCUT2D eigenvalue weighted by Crippen LogP contribution is 2.26. The maximum Gasteiger partial charge on any atom is 0.278 e. The number of halogens is 2. The van der Waals surface area contributed by atoms with Gasteiger partial charge in [-0.25, -0.2) is 27.2 Å². The van der Waals surface area contributed by atoms with Gasteiger partial charge in [-0.15, -0.1) is 0 Å². The van der Waals surface area contributed by atoms with Crippen molar-refractivity contribution in [2.75, 3.05) is 10.0 Å². The Kier molecular flexibility index (Phi) is 7.79. The van der Waals surface area contributed by atoms with Crippen molar-refractivity contribution in [2.24, 2.45) is 0 Å². The van der Waals surface area contributed by atoms with Crippen molar-refractivity contribution in [2.45, 2.75) is 63.5 Å². The lowest BCUT2D eigenvalue weighted by molar-refractivity contribution is 0.239. The fraction of sp³-hybridized carbons (Fsp3) is 0.357. The van der Waals surface area contributed by atoms with Gasteiger partial charge in [0.05, 0.1) is 17.6 Å². The Bertz CT molecular complexity index is 1700. The van der Waals surface area contributed by atoms with Crippen molar-refractivity contribution in [1.29, 1.82) is 0 Å². The largest absolute Gasteiger partial charge is 0.351 e. The number of fused-ring (bicyclic) bond motifs is 1. The Morgan fingerprint density at radius 2 is 1.88 bits per heavy atom. The van der Waals surface area contributed by atoms with Gasteiger partial charge < -0.3 is 5.32 Å². The first-order chi connectivity index (χ1) is 19.1. The Labute approximate surface area is 230 Å². The summed E-state index contributed by atoms with van der Waals surface area (Å²) in [6, 6.07) is 11.9. The van der Waals surface area contributed by atoms with Crippen LogP contribution in [0, 0.1) is 5.82 Å². The zero-order chi connectivity index (χ0) is 28.4. The van der Waals surface area contributed by atoms with E-state index in [0.29, 0.717) is 29.6 Å². The predicted octanol–water partition coefficient (Wildman–Crippen LogP) is 5.21. The van der Waals surface area contributed by atoms with Gasteiger partial charge in [0.1, 0.15) is 23.2 Å². The molecule has 2 aromatic heterocycles. The zero-order valence-electron chi connectivity index (χ0n) is 22.1. The summed E-state index contributed by atoms with van der Waals surface area (Å²) in [5.41, 5.74) is 0.646. The molecule has 4 aromatic rings. The van der Waals surface area contributed by atoms with Crippen LogP contribution in [0.2, 0.25) is 0 Å². The van der Waals surface area contributed by atoms with Crippen molar-refractivity contribution in [3.05, 3.63) is 76.5 Å². The quantitative estimate of drug-likeness (QED) is 0.300. The van der Waals surface area contributed by atoms with Crippen molar-refractivity contribution < 1.29 is 17.2 Å². The van der Waals surface area contributed by atoms with Gasteiger partial charge in [0, 0.05) is 17.6 Å². The van der Waals surface area contributed by atoms with Gasteiger partial charge in [-0.2, -0.15) is 4.98 Å². The summed E-state index contributed by atoms with van der Waals surface area (Å²) >= 11 is 0. The molecule has 12 heteroatoms. The van der Waals surface area contributed by atoms with Crippen LogP contribution in [-0.2, 0) is 15.8 Å². The third-order valence-electron chi connectivity index (χ3n) is 6.80. The van der Waals surface area contributed by atoms with E-state index in [1.165, 1.54) is 22.9 Å². The lowest BCUT2D eigenvalue weighted by Crippen LogP contribution is -2.30. The molecule has 2 aromatic carbocycles. The number of hydrogen-bond acceptors (Lipinski definition) is 7. The Balaban J connectivity index is 1.45. The minimum Gasteiger partial charge on any atom is -0.351 e. The molecular formula is C28H30F2N6O3S. The number of hydrogen-bond donors (Lipinski definition) is 2. The first kappa shape index (κ1) is 27.6. The lowest BCUT2D eigenvalue weighted by Gasteiger charge is -2.25. The van der Waals surface area contributed by atoms with Crippen LogP contribution in [0.1, 0.15) is 51.1 Å². The molecule has 0 spiro atoms. The number of rotatable bonds is 8. The monoisotopic (exact) mass is 568 g/mol. The SMILES string of the molecule is CC(C)n1c(=O)c(-c2ccc(NS(=O)(=O)Cc3ccccc3)c(F)c2)nc2cnc(N[C@@H]3CCC[C@H](F)C3)nc21. The van der Waals surface area contributed by atoms with Gasteiger partial charge in [-0.05, 0) is 57.2 Å². The van der Waals surface area contributed by atoms with Crippen molar-refractivity contribution in [3.8, 4) is 11.3 Å². The molecule has 5 rings (SSSR count). The Morgan fingerprint density at radius 1 is 1.10 bits per heavy atom. The summed E-state index contributed by atoms with van der Waals surface area (Å²) in [6.07, 6.45) is 3.12. The number of nitrogens with one attached hydrogen (secondary N) is 2. The molecule has 0 saturated heterocycles. The van der Waals surface area contributed by atoms with E-state index in [2.05, 4.69) is 25.0 Å². The second kappa shape index (κ2) is 11.3. The molecular weight excluding hydrogens is 538 g/mol. The fourth-order valence-corrected chi connectivity index (χ4v) is 6.13. The topological polar surface area (TPSA) is 119 Å². The van der Waals surface area contributed by atoms with Gasteiger partial charge >= 0.3 is 0 Å². The van der Waals surface area contributed by atoms with Crippen molar-refractivity contribution in [3.63, 3.8) is 0 Å². The normalized spacial score (nSPS) is 17.7. The van der Waals surface area contributed by atoms with Gasteiger partial charge in [-0.1, -0.05) is 36.4 Å². The van der Waals surface area contributed by atoms with Crippen LogP contribution in [0.25, 0.3) is 22.4 Å². The number of sulfonamides is 1. The Morgan fingerprint density at radius 3 is 2.58 bits per heavy atom.